The second-order valence-electron chi connectivity index (χ2n) is 5.62. The number of rotatable bonds is 3. The highest BCUT2D eigenvalue weighted by molar-refractivity contribution is 7.91. The molecule has 2 heterocycles. The highest BCUT2D eigenvalue weighted by Crippen LogP contribution is 2.17. The number of hydrogen-bond donors (Lipinski definition) is 0. The van der Waals surface area contributed by atoms with Gasteiger partial charge in [-0.1, -0.05) is 12.1 Å². The Balaban J connectivity index is 1.72. The van der Waals surface area contributed by atoms with Gasteiger partial charge in [0.15, 0.2) is 9.84 Å². The summed E-state index contributed by atoms with van der Waals surface area (Å²) in [5, 5.41) is 0. The molecule has 1 saturated heterocycles. The second kappa shape index (κ2) is 6.08. The van der Waals surface area contributed by atoms with Crippen LogP contribution in [0.5, 0.6) is 0 Å². The standard InChI is InChI=1S/C16H17N3O3S/c1-19(13-8-9-23(21,22)11-13)16(20)7-6-12-10-17-14-4-2-3-5-15(14)18-12/h2-7,10,13H,8-9,11H2,1H3/b7-6+/t13-/m1/s1. The third-order valence-corrected chi connectivity index (χ3v) is 5.72. The van der Waals surface area contributed by atoms with Gasteiger partial charge in [0, 0.05) is 19.2 Å². The first-order valence-electron chi connectivity index (χ1n) is 7.32. The summed E-state index contributed by atoms with van der Waals surface area (Å²) in [5.41, 5.74) is 2.14. The Bertz CT molecular complexity index is 877. The summed E-state index contributed by atoms with van der Waals surface area (Å²) >= 11 is 0. The number of para-hydroxylation sites is 2. The number of amides is 1. The van der Waals surface area contributed by atoms with Crippen molar-refractivity contribution in [1.82, 2.24) is 14.9 Å². The number of nitrogens with zero attached hydrogens (tertiary/aromatic N) is 3. The molecule has 1 atom stereocenters. The molecule has 0 spiro atoms. The molecule has 23 heavy (non-hydrogen) atoms. The largest absolute Gasteiger partial charge is 0.338 e. The molecule has 0 radical (unpaired) electrons. The van der Waals surface area contributed by atoms with Crippen molar-refractivity contribution in [3.8, 4) is 0 Å². The van der Waals surface area contributed by atoms with E-state index in [1.54, 1.807) is 19.3 Å². The highest BCUT2D eigenvalue weighted by Gasteiger charge is 2.31. The molecule has 1 amide bonds. The van der Waals surface area contributed by atoms with Crippen molar-refractivity contribution < 1.29 is 13.2 Å². The molecule has 3 rings (SSSR count). The molecule has 1 aliphatic heterocycles. The maximum Gasteiger partial charge on any atom is 0.246 e. The summed E-state index contributed by atoms with van der Waals surface area (Å²) in [7, 11) is -1.38. The lowest BCUT2D eigenvalue weighted by molar-refractivity contribution is -0.126. The molecular formula is C16H17N3O3S. The average molecular weight is 331 g/mol. The van der Waals surface area contributed by atoms with Crippen molar-refractivity contribution in [2.45, 2.75) is 12.5 Å². The van der Waals surface area contributed by atoms with Crippen LogP contribution in [0.3, 0.4) is 0 Å². The molecule has 0 N–H and O–H groups in total. The van der Waals surface area contributed by atoms with Crippen molar-refractivity contribution in [3.63, 3.8) is 0 Å². The molecule has 1 aromatic heterocycles. The number of carbonyl (C=O) groups excluding carboxylic acids is 1. The van der Waals surface area contributed by atoms with E-state index < -0.39 is 9.84 Å². The number of hydrogen-bond acceptors (Lipinski definition) is 5. The number of fused-ring (bicyclic) bond motifs is 1. The van der Waals surface area contributed by atoms with Gasteiger partial charge in [-0.2, -0.15) is 0 Å². The lowest BCUT2D eigenvalue weighted by atomic mass is 10.2. The van der Waals surface area contributed by atoms with E-state index in [1.807, 2.05) is 24.3 Å². The van der Waals surface area contributed by atoms with Gasteiger partial charge in [0.1, 0.15) is 0 Å². The smallest absolute Gasteiger partial charge is 0.246 e. The monoisotopic (exact) mass is 331 g/mol. The average Bonchev–Trinajstić information content (AvgIpc) is 2.91. The Morgan fingerprint density at radius 2 is 2.04 bits per heavy atom. The third-order valence-electron chi connectivity index (χ3n) is 3.97. The van der Waals surface area contributed by atoms with Crippen LogP contribution in [0.2, 0.25) is 0 Å². The molecule has 1 aliphatic rings. The minimum Gasteiger partial charge on any atom is -0.338 e. The van der Waals surface area contributed by atoms with Crippen LogP contribution in [0.25, 0.3) is 17.1 Å². The topological polar surface area (TPSA) is 80.2 Å². The summed E-state index contributed by atoms with van der Waals surface area (Å²) in [5.74, 6) is -0.0457. The van der Waals surface area contributed by atoms with Crippen molar-refractivity contribution in [2.24, 2.45) is 0 Å². The van der Waals surface area contributed by atoms with Crippen LogP contribution in [0.15, 0.2) is 36.5 Å². The van der Waals surface area contributed by atoms with Crippen LogP contribution < -0.4 is 0 Å². The van der Waals surface area contributed by atoms with E-state index in [2.05, 4.69) is 9.97 Å². The van der Waals surface area contributed by atoms with Gasteiger partial charge in [-0.25, -0.2) is 13.4 Å². The zero-order valence-electron chi connectivity index (χ0n) is 12.7. The lowest BCUT2D eigenvalue weighted by Crippen LogP contribution is -2.36. The number of benzene rings is 1. The van der Waals surface area contributed by atoms with Gasteiger partial charge in [0.2, 0.25) is 5.91 Å². The maximum absolute atomic E-state index is 12.2. The molecule has 120 valence electrons. The number of aromatic nitrogens is 2. The fraction of sp³-hybridized carbons (Fsp3) is 0.312. The van der Waals surface area contributed by atoms with Gasteiger partial charge >= 0.3 is 0 Å². The summed E-state index contributed by atoms with van der Waals surface area (Å²) in [4.78, 5) is 22.3. The summed E-state index contributed by atoms with van der Waals surface area (Å²) < 4.78 is 23.0. The van der Waals surface area contributed by atoms with Gasteiger partial charge in [0.05, 0.1) is 34.4 Å². The van der Waals surface area contributed by atoms with Gasteiger partial charge in [-0.05, 0) is 24.6 Å². The van der Waals surface area contributed by atoms with Crippen LogP contribution >= 0.6 is 0 Å². The molecule has 0 aliphatic carbocycles. The Hall–Kier alpha value is -2.28. The van der Waals surface area contributed by atoms with Gasteiger partial charge in [-0.3, -0.25) is 9.78 Å². The molecule has 0 saturated carbocycles. The van der Waals surface area contributed by atoms with E-state index in [-0.39, 0.29) is 23.5 Å². The van der Waals surface area contributed by atoms with Crippen LogP contribution in [0.1, 0.15) is 12.1 Å². The van der Waals surface area contributed by atoms with Crippen molar-refractivity contribution in [3.05, 3.63) is 42.2 Å². The number of likely N-dealkylation sites (N-methyl/N-ethyl adjacent to an activating group) is 1. The quantitative estimate of drug-likeness (QED) is 0.792. The van der Waals surface area contributed by atoms with Crippen molar-refractivity contribution in [1.29, 1.82) is 0 Å². The Kier molecular flexibility index (Phi) is 4.12. The maximum atomic E-state index is 12.2. The summed E-state index contributed by atoms with van der Waals surface area (Å²) in [6.45, 7) is 0. The van der Waals surface area contributed by atoms with Crippen molar-refractivity contribution in [2.75, 3.05) is 18.6 Å². The molecule has 1 aromatic carbocycles. The molecule has 2 aromatic rings. The van der Waals surface area contributed by atoms with Crippen LogP contribution in [-0.4, -0.2) is 53.8 Å². The van der Waals surface area contributed by atoms with E-state index in [9.17, 15) is 13.2 Å². The second-order valence-corrected chi connectivity index (χ2v) is 7.85. The predicted octanol–water partition coefficient (Wildman–Crippen LogP) is 1.29. The first-order valence-corrected chi connectivity index (χ1v) is 9.14. The number of sulfone groups is 1. The minimum atomic E-state index is -3.01. The zero-order valence-corrected chi connectivity index (χ0v) is 13.5. The first-order chi connectivity index (χ1) is 10.9. The zero-order chi connectivity index (χ0) is 16.4. The highest BCUT2D eigenvalue weighted by atomic mass is 32.2. The third kappa shape index (κ3) is 3.56. The van der Waals surface area contributed by atoms with E-state index in [1.165, 1.54) is 11.0 Å². The SMILES string of the molecule is CN(C(=O)/C=C/c1cnc2ccccc2n1)[C@@H]1CCS(=O)(=O)C1. The van der Waals surface area contributed by atoms with E-state index in [4.69, 9.17) is 0 Å². The minimum absolute atomic E-state index is 0.0405. The van der Waals surface area contributed by atoms with Crippen LogP contribution in [0, 0.1) is 0 Å². The fourth-order valence-electron chi connectivity index (χ4n) is 2.59. The van der Waals surface area contributed by atoms with Gasteiger partial charge < -0.3 is 4.90 Å². The fourth-order valence-corrected chi connectivity index (χ4v) is 4.36. The molecule has 1 fully saturated rings. The van der Waals surface area contributed by atoms with E-state index in [0.29, 0.717) is 12.1 Å². The molecule has 6 nitrogen and oxygen atoms in total. The van der Waals surface area contributed by atoms with Gasteiger partial charge in [0.25, 0.3) is 0 Å². The number of carbonyl (C=O) groups is 1. The summed E-state index contributed by atoms with van der Waals surface area (Å²) in [6.07, 6.45) is 5.10. The van der Waals surface area contributed by atoms with Gasteiger partial charge in [-0.15, -0.1) is 0 Å². The molecular weight excluding hydrogens is 314 g/mol. The normalized spacial score (nSPS) is 20.1. The van der Waals surface area contributed by atoms with Crippen molar-refractivity contribution >= 4 is 32.9 Å². The van der Waals surface area contributed by atoms with Crippen LogP contribution in [0.4, 0.5) is 0 Å². The first kappa shape index (κ1) is 15.6. The Labute approximate surface area is 134 Å². The summed E-state index contributed by atoms with van der Waals surface area (Å²) in [6, 6.07) is 7.25. The predicted molar refractivity (Wildman–Crippen MR) is 88.4 cm³/mol. The Morgan fingerprint density at radius 3 is 2.74 bits per heavy atom. The molecule has 0 bridgehead atoms. The molecule has 0 unspecified atom stereocenters. The Morgan fingerprint density at radius 1 is 1.30 bits per heavy atom. The lowest BCUT2D eigenvalue weighted by Gasteiger charge is -2.21. The van der Waals surface area contributed by atoms with E-state index >= 15 is 0 Å². The molecule has 7 heteroatoms. The van der Waals surface area contributed by atoms with E-state index in [0.717, 1.165) is 11.0 Å². The van der Waals surface area contributed by atoms with Crippen LogP contribution in [-0.2, 0) is 14.6 Å².